The van der Waals surface area contributed by atoms with Crippen LogP contribution in [0.3, 0.4) is 0 Å². The predicted molar refractivity (Wildman–Crippen MR) is 89.4 cm³/mol. The van der Waals surface area contributed by atoms with Gasteiger partial charge in [0.05, 0.1) is 11.5 Å². The van der Waals surface area contributed by atoms with Gasteiger partial charge in [-0.15, -0.1) is 0 Å². The summed E-state index contributed by atoms with van der Waals surface area (Å²) in [6.07, 6.45) is 0.723. The number of aryl methyl sites for hydroxylation is 1. The van der Waals surface area contributed by atoms with Crippen molar-refractivity contribution in [3.63, 3.8) is 0 Å². The number of anilines is 1. The Morgan fingerprint density at radius 3 is 2.71 bits per heavy atom. The lowest BCUT2D eigenvalue weighted by atomic mass is 10.1. The number of carbonyl (C=O) groups is 1. The average Bonchev–Trinajstić information content (AvgIpc) is 2.55. The largest absolute Gasteiger partial charge is 0.376 e. The van der Waals surface area contributed by atoms with Crippen molar-refractivity contribution in [1.82, 2.24) is 5.32 Å². The van der Waals surface area contributed by atoms with Gasteiger partial charge in [0.2, 0.25) is 11.7 Å². The molecule has 7 heteroatoms. The number of nitrogens with zero attached hydrogens (tertiary/aromatic N) is 1. The highest BCUT2D eigenvalue weighted by atomic mass is 19.1. The Balaban J connectivity index is 1.80. The molecule has 2 N–H and O–H groups in total. The molecule has 2 aromatic carbocycles. The molecular formula is C17H18FN3O3. The number of carbonyl (C=O) groups excluding carboxylic acids is 1. The van der Waals surface area contributed by atoms with Crippen LogP contribution in [0.4, 0.5) is 15.8 Å². The van der Waals surface area contributed by atoms with Gasteiger partial charge in [0.25, 0.3) is 0 Å². The first-order chi connectivity index (χ1) is 11.5. The maximum Gasteiger partial charge on any atom is 0.306 e. The van der Waals surface area contributed by atoms with Crippen LogP contribution in [0.1, 0.15) is 11.1 Å². The molecule has 0 saturated heterocycles. The Labute approximate surface area is 138 Å². The van der Waals surface area contributed by atoms with Gasteiger partial charge in [-0.25, -0.2) is 0 Å². The smallest absolute Gasteiger partial charge is 0.306 e. The Bertz CT molecular complexity index is 750. The number of nitrogens with one attached hydrogen (secondary N) is 2. The van der Waals surface area contributed by atoms with E-state index in [1.54, 1.807) is 0 Å². The van der Waals surface area contributed by atoms with Crippen LogP contribution < -0.4 is 10.6 Å². The van der Waals surface area contributed by atoms with E-state index < -0.39 is 16.4 Å². The van der Waals surface area contributed by atoms with Gasteiger partial charge < -0.3 is 10.6 Å². The molecule has 0 aliphatic heterocycles. The molecule has 0 aliphatic rings. The highest BCUT2D eigenvalue weighted by Gasteiger charge is 2.14. The summed E-state index contributed by atoms with van der Waals surface area (Å²) in [4.78, 5) is 21.7. The maximum absolute atomic E-state index is 13.2. The first-order valence-electron chi connectivity index (χ1n) is 7.46. The highest BCUT2D eigenvalue weighted by molar-refractivity contribution is 5.80. The lowest BCUT2D eigenvalue weighted by Crippen LogP contribution is -2.31. The fourth-order valence-corrected chi connectivity index (χ4v) is 2.23. The monoisotopic (exact) mass is 331 g/mol. The van der Waals surface area contributed by atoms with Gasteiger partial charge in [0, 0.05) is 18.3 Å². The molecule has 6 nitrogen and oxygen atoms in total. The Kier molecular flexibility index (Phi) is 5.83. The molecule has 0 saturated carbocycles. The summed E-state index contributed by atoms with van der Waals surface area (Å²) in [5, 5.41) is 16.2. The van der Waals surface area contributed by atoms with Crippen LogP contribution in [0.2, 0.25) is 0 Å². The zero-order chi connectivity index (χ0) is 17.5. The highest BCUT2D eigenvalue weighted by Crippen LogP contribution is 2.21. The summed E-state index contributed by atoms with van der Waals surface area (Å²) in [5.41, 5.74) is 2.03. The second-order valence-electron chi connectivity index (χ2n) is 5.30. The van der Waals surface area contributed by atoms with Gasteiger partial charge in [0.15, 0.2) is 0 Å². The van der Waals surface area contributed by atoms with Crippen molar-refractivity contribution in [2.24, 2.45) is 0 Å². The number of halogens is 1. The molecule has 0 bridgehead atoms. The average molecular weight is 331 g/mol. The SMILES string of the molecule is Cc1ccccc1CCNC(=O)CNc1ccc(F)c([N+](=O)[O-])c1. The fourth-order valence-electron chi connectivity index (χ4n) is 2.23. The number of benzene rings is 2. The molecule has 126 valence electrons. The Morgan fingerprint density at radius 1 is 1.25 bits per heavy atom. The van der Waals surface area contributed by atoms with E-state index in [2.05, 4.69) is 10.6 Å². The summed E-state index contributed by atoms with van der Waals surface area (Å²) in [6.45, 7) is 2.46. The summed E-state index contributed by atoms with van der Waals surface area (Å²) < 4.78 is 13.2. The van der Waals surface area contributed by atoms with Crippen molar-refractivity contribution in [2.45, 2.75) is 13.3 Å². The molecule has 0 aliphatic carbocycles. The molecule has 2 rings (SSSR count). The molecule has 0 heterocycles. The number of amides is 1. The zero-order valence-electron chi connectivity index (χ0n) is 13.2. The van der Waals surface area contributed by atoms with Crippen molar-refractivity contribution >= 4 is 17.3 Å². The van der Waals surface area contributed by atoms with Crippen molar-refractivity contribution in [3.05, 3.63) is 69.5 Å². The van der Waals surface area contributed by atoms with Gasteiger partial charge in [-0.1, -0.05) is 24.3 Å². The molecule has 2 aromatic rings. The topological polar surface area (TPSA) is 84.3 Å². The first-order valence-corrected chi connectivity index (χ1v) is 7.46. The maximum atomic E-state index is 13.2. The van der Waals surface area contributed by atoms with Crippen LogP contribution in [-0.4, -0.2) is 23.9 Å². The molecule has 24 heavy (non-hydrogen) atoms. The van der Waals surface area contributed by atoms with Crippen LogP contribution in [0.5, 0.6) is 0 Å². The third kappa shape index (κ3) is 4.77. The van der Waals surface area contributed by atoms with E-state index in [-0.39, 0.29) is 12.5 Å². The van der Waals surface area contributed by atoms with Crippen LogP contribution >= 0.6 is 0 Å². The second-order valence-corrected chi connectivity index (χ2v) is 5.30. The van der Waals surface area contributed by atoms with Crippen LogP contribution in [0.15, 0.2) is 42.5 Å². The molecule has 0 fully saturated rings. The van der Waals surface area contributed by atoms with Crippen molar-refractivity contribution < 1.29 is 14.1 Å². The fraction of sp³-hybridized carbons (Fsp3) is 0.235. The summed E-state index contributed by atoms with van der Waals surface area (Å²) in [7, 11) is 0. The van der Waals surface area contributed by atoms with Crippen LogP contribution in [0.25, 0.3) is 0 Å². The van der Waals surface area contributed by atoms with E-state index in [0.717, 1.165) is 18.6 Å². The van der Waals surface area contributed by atoms with Crippen molar-refractivity contribution in [2.75, 3.05) is 18.4 Å². The minimum atomic E-state index is -0.909. The minimum absolute atomic E-state index is 0.0451. The Morgan fingerprint density at radius 2 is 2.00 bits per heavy atom. The van der Waals surface area contributed by atoms with Gasteiger partial charge >= 0.3 is 5.69 Å². The molecule has 0 radical (unpaired) electrons. The summed E-state index contributed by atoms with van der Waals surface area (Å²) in [5.74, 6) is -1.15. The van der Waals surface area contributed by atoms with Gasteiger partial charge in [-0.2, -0.15) is 4.39 Å². The quantitative estimate of drug-likeness (QED) is 0.603. The van der Waals surface area contributed by atoms with E-state index in [1.807, 2.05) is 31.2 Å². The molecule has 0 atom stereocenters. The molecule has 1 amide bonds. The van der Waals surface area contributed by atoms with Crippen LogP contribution in [-0.2, 0) is 11.2 Å². The third-order valence-electron chi connectivity index (χ3n) is 3.57. The molecule has 0 spiro atoms. The summed E-state index contributed by atoms with van der Waals surface area (Å²) in [6, 6.07) is 11.4. The number of hydrogen-bond acceptors (Lipinski definition) is 4. The van der Waals surface area contributed by atoms with E-state index in [4.69, 9.17) is 0 Å². The number of hydrogen-bond donors (Lipinski definition) is 2. The molecule has 0 aromatic heterocycles. The zero-order valence-corrected chi connectivity index (χ0v) is 13.2. The normalized spacial score (nSPS) is 10.2. The van der Waals surface area contributed by atoms with Gasteiger partial charge in [0.1, 0.15) is 0 Å². The second kappa shape index (κ2) is 8.05. The standard InChI is InChI=1S/C17H18FN3O3/c1-12-4-2-3-5-13(12)8-9-19-17(22)11-20-14-6-7-15(18)16(10-14)21(23)24/h2-7,10,20H,8-9,11H2,1H3,(H,19,22). The van der Waals surface area contributed by atoms with E-state index >= 15 is 0 Å². The van der Waals surface area contributed by atoms with Gasteiger partial charge in [-0.3, -0.25) is 14.9 Å². The van der Waals surface area contributed by atoms with Crippen molar-refractivity contribution in [3.8, 4) is 0 Å². The number of nitro benzene ring substituents is 1. The lowest BCUT2D eigenvalue weighted by Gasteiger charge is -2.09. The molecular weight excluding hydrogens is 313 g/mol. The summed E-state index contributed by atoms with van der Waals surface area (Å²) >= 11 is 0. The van der Waals surface area contributed by atoms with Crippen molar-refractivity contribution in [1.29, 1.82) is 0 Å². The lowest BCUT2D eigenvalue weighted by molar-refractivity contribution is -0.387. The number of rotatable bonds is 7. The van der Waals surface area contributed by atoms with E-state index in [9.17, 15) is 19.3 Å². The Hall–Kier alpha value is -2.96. The third-order valence-corrected chi connectivity index (χ3v) is 3.57. The predicted octanol–water partition coefficient (Wildman–Crippen LogP) is 2.81. The van der Waals surface area contributed by atoms with Gasteiger partial charge in [-0.05, 0) is 36.6 Å². The molecule has 0 unspecified atom stereocenters. The minimum Gasteiger partial charge on any atom is -0.376 e. The van der Waals surface area contributed by atoms with E-state index in [1.165, 1.54) is 17.2 Å². The number of nitro groups is 1. The first kappa shape index (κ1) is 17.4. The van der Waals surface area contributed by atoms with E-state index in [0.29, 0.717) is 12.2 Å². The van der Waals surface area contributed by atoms with Crippen LogP contribution in [0, 0.1) is 22.9 Å².